The monoisotopic (exact) mass is 308 g/mol. The van der Waals surface area contributed by atoms with Gasteiger partial charge < -0.3 is 9.67 Å². The molecule has 0 saturated heterocycles. The number of nitrogens with zero attached hydrogens (tertiary/aromatic N) is 2. The van der Waals surface area contributed by atoms with Crippen LogP contribution in [0.4, 0.5) is 0 Å². The van der Waals surface area contributed by atoms with E-state index in [2.05, 4.69) is 20.9 Å². The molecule has 18 heavy (non-hydrogen) atoms. The van der Waals surface area contributed by atoms with Gasteiger partial charge in [-0.25, -0.2) is 4.79 Å². The van der Waals surface area contributed by atoms with E-state index in [0.717, 1.165) is 16.2 Å². The molecule has 6 heteroatoms. The number of aromatic nitrogens is 2. The summed E-state index contributed by atoms with van der Waals surface area (Å²) in [6.07, 6.45) is 3.10. The summed E-state index contributed by atoms with van der Waals surface area (Å²) in [5.74, 6) is -1.11. The molecule has 0 fully saturated rings. The first-order chi connectivity index (χ1) is 8.56. The predicted molar refractivity (Wildman–Crippen MR) is 68.7 cm³/mol. The van der Waals surface area contributed by atoms with E-state index in [0.29, 0.717) is 6.54 Å². The zero-order chi connectivity index (χ0) is 13.1. The lowest BCUT2D eigenvalue weighted by atomic mass is 10.2. The molecule has 92 valence electrons. The van der Waals surface area contributed by atoms with Crippen molar-refractivity contribution >= 4 is 21.9 Å². The van der Waals surface area contributed by atoms with Gasteiger partial charge in [-0.3, -0.25) is 9.78 Å². The molecule has 0 spiro atoms. The Kier molecular flexibility index (Phi) is 3.57. The van der Waals surface area contributed by atoms with Crippen LogP contribution in [0.5, 0.6) is 0 Å². The van der Waals surface area contributed by atoms with Crippen molar-refractivity contribution in [2.75, 3.05) is 0 Å². The number of hydrogen-bond donors (Lipinski definition) is 1. The maximum absolute atomic E-state index is 11.7. The number of rotatable bonds is 3. The van der Waals surface area contributed by atoms with Gasteiger partial charge in [-0.1, -0.05) is 0 Å². The molecule has 0 bridgehead atoms. The van der Waals surface area contributed by atoms with Crippen LogP contribution in [0.25, 0.3) is 0 Å². The van der Waals surface area contributed by atoms with Crippen molar-refractivity contribution in [3.63, 3.8) is 0 Å². The molecule has 2 heterocycles. The van der Waals surface area contributed by atoms with Gasteiger partial charge in [-0.15, -0.1) is 0 Å². The molecule has 5 nitrogen and oxygen atoms in total. The highest BCUT2D eigenvalue weighted by Crippen LogP contribution is 2.08. The topological polar surface area (TPSA) is 72.2 Å². The third-order valence-electron chi connectivity index (χ3n) is 2.36. The van der Waals surface area contributed by atoms with Gasteiger partial charge in [-0.2, -0.15) is 0 Å². The second kappa shape index (κ2) is 5.14. The van der Waals surface area contributed by atoms with Crippen LogP contribution in [-0.4, -0.2) is 20.6 Å². The van der Waals surface area contributed by atoms with Gasteiger partial charge in [0.1, 0.15) is 0 Å². The number of aromatic carboxylic acids is 1. The second-order valence-corrected chi connectivity index (χ2v) is 4.57. The lowest BCUT2D eigenvalue weighted by Crippen LogP contribution is -2.21. The van der Waals surface area contributed by atoms with Crippen LogP contribution in [0.1, 0.15) is 16.1 Å². The first-order valence-corrected chi connectivity index (χ1v) is 5.90. The normalized spacial score (nSPS) is 10.3. The fourth-order valence-electron chi connectivity index (χ4n) is 1.45. The van der Waals surface area contributed by atoms with Crippen molar-refractivity contribution in [2.45, 2.75) is 6.54 Å². The standard InChI is InChI=1S/C12H9BrN2O3/c13-9-1-2-10(14-6-9)7-15-4-3-8(12(17)18)5-11(15)16/h1-6H,7H2,(H,17,18). The van der Waals surface area contributed by atoms with Crippen LogP contribution >= 0.6 is 15.9 Å². The first-order valence-electron chi connectivity index (χ1n) is 5.10. The minimum Gasteiger partial charge on any atom is -0.478 e. The van der Waals surface area contributed by atoms with Crippen LogP contribution in [-0.2, 0) is 6.54 Å². The molecule has 0 amide bonds. The SMILES string of the molecule is O=C(O)c1ccn(Cc2ccc(Br)cn2)c(=O)c1. The van der Waals surface area contributed by atoms with Gasteiger partial charge in [0.2, 0.25) is 0 Å². The van der Waals surface area contributed by atoms with E-state index in [-0.39, 0.29) is 11.1 Å². The summed E-state index contributed by atoms with van der Waals surface area (Å²) in [6.45, 7) is 0.312. The number of carboxylic acid groups (broad SMARTS) is 1. The van der Waals surface area contributed by atoms with Gasteiger partial charge in [0, 0.05) is 22.9 Å². The molecule has 2 aromatic heterocycles. The molecule has 0 saturated carbocycles. The minimum atomic E-state index is -1.11. The van der Waals surface area contributed by atoms with Gasteiger partial charge in [0.15, 0.2) is 0 Å². The van der Waals surface area contributed by atoms with Gasteiger partial charge >= 0.3 is 5.97 Å². The number of hydrogen-bond acceptors (Lipinski definition) is 3. The van der Waals surface area contributed by atoms with E-state index < -0.39 is 5.97 Å². The maximum atomic E-state index is 11.7. The molecular formula is C12H9BrN2O3. The molecule has 0 aromatic carbocycles. The molecule has 0 aliphatic carbocycles. The fourth-order valence-corrected chi connectivity index (χ4v) is 1.68. The van der Waals surface area contributed by atoms with Crippen LogP contribution < -0.4 is 5.56 Å². The summed E-state index contributed by atoms with van der Waals surface area (Å²) < 4.78 is 2.27. The average molecular weight is 309 g/mol. The fraction of sp³-hybridized carbons (Fsp3) is 0.0833. The Morgan fingerprint density at radius 3 is 2.72 bits per heavy atom. The van der Waals surface area contributed by atoms with E-state index in [1.54, 1.807) is 12.3 Å². The number of carboxylic acids is 1. The molecule has 2 aromatic rings. The van der Waals surface area contributed by atoms with Gasteiger partial charge in [0.05, 0.1) is 17.8 Å². The Hall–Kier alpha value is -1.95. The lowest BCUT2D eigenvalue weighted by molar-refractivity contribution is 0.0696. The summed E-state index contributed by atoms with van der Waals surface area (Å²) in [5.41, 5.74) is 0.350. The van der Waals surface area contributed by atoms with E-state index in [4.69, 9.17) is 5.11 Å². The van der Waals surface area contributed by atoms with Crippen LogP contribution in [0.2, 0.25) is 0 Å². The Bertz CT molecular complexity index is 635. The van der Waals surface area contributed by atoms with Crippen LogP contribution in [0, 0.1) is 0 Å². The van der Waals surface area contributed by atoms with E-state index >= 15 is 0 Å². The number of halogens is 1. The van der Waals surface area contributed by atoms with Crippen LogP contribution in [0.15, 0.2) is 45.9 Å². The molecule has 0 radical (unpaired) electrons. The summed E-state index contributed by atoms with van der Waals surface area (Å²) in [4.78, 5) is 26.5. The third kappa shape index (κ3) is 2.84. The molecule has 0 atom stereocenters. The summed E-state index contributed by atoms with van der Waals surface area (Å²) in [7, 11) is 0. The molecule has 0 aliphatic rings. The first kappa shape index (κ1) is 12.5. The largest absolute Gasteiger partial charge is 0.478 e. The average Bonchev–Trinajstić information content (AvgIpc) is 2.34. The van der Waals surface area contributed by atoms with Crippen molar-refractivity contribution in [3.05, 3.63) is 62.7 Å². The van der Waals surface area contributed by atoms with E-state index in [1.165, 1.54) is 16.8 Å². The Morgan fingerprint density at radius 1 is 1.39 bits per heavy atom. The highest BCUT2D eigenvalue weighted by Gasteiger charge is 2.05. The Balaban J connectivity index is 2.27. The second-order valence-electron chi connectivity index (χ2n) is 3.65. The number of pyridine rings is 2. The summed E-state index contributed by atoms with van der Waals surface area (Å²) in [6, 6.07) is 6.12. The van der Waals surface area contributed by atoms with Gasteiger partial charge in [0.25, 0.3) is 5.56 Å². The number of carbonyl (C=O) groups is 1. The molecule has 0 aliphatic heterocycles. The Labute approximate surface area is 111 Å². The summed E-state index contributed by atoms with van der Waals surface area (Å²) in [5, 5.41) is 8.75. The maximum Gasteiger partial charge on any atom is 0.335 e. The molecular weight excluding hydrogens is 300 g/mol. The predicted octanol–water partition coefficient (Wildman–Crippen LogP) is 1.75. The quantitative estimate of drug-likeness (QED) is 0.937. The Morgan fingerprint density at radius 2 is 2.17 bits per heavy atom. The third-order valence-corrected chi connectivity index (χ3v) is 2.83. The zero-order valence-electron chi connectivity index (χ0n) is 9.21. The minimum absolute atomic E-state index is 0.0139. The highest BCUT2D eigenvalue weighted by molar-refractivity contribution is 9.10. The van der Waals surface area contributed by atoms with Crippen LogP contribution in [0.3, 0.4) is 0 Å². The van der Waals surface area contributed by atoms with Gasteiger partial charge in [-0.05, 0) is 34.1 Å². The van der Waals surface area contributed by atoms with Crippen molar-refractivity contribution in [1.82, 2.24) is 9.55 Å². The van der Waals surface area contributed by atoms with Crippen molar-refractivity contribution in [1.29, 1.82) is 0 Å². The molecule has 1 N–H and O–H groups in total. The smallest absolute Gasteiger partial charge is 0.335 e. The summed E-state index contributed by atoms with van der Waals surface area (Å²) >= 11 is 3.27. The zero-order valence-corrected chi connectivity index (χ0v) is 10.8. The molecule has 2 rings (SSSR count). The van der Waals surface area contributed by atoms with E-state index in [1.807, 2.05) is 6.07 Å². The van der Waals surface area contributed by atoms with Crippen molar-refractivity contribution < 1.29 is 9.90 Å². The van der Waals surface area contributed by atoms with Crippen molar-refractivity contribution in [3.8, 4) is 0 Å². The van der Waals surface area contributed by atoms with Crippen molar-refractivity contribution in [2.24, 2.45) is 0 Å². The van der Waals surface area contributed by atoms with E-state index in [9.17, 15) is 9.59 Å². The lowest BCUT2D eigenvalue weighted by Gasteiger charge is -2.05. The molecule has 0 unspecified atom stereocenters. The highest BCUT2D eigenvalue weighted by atomic mass is 79.9.